The van der Waals surface area contributed by atoms with Crippen LogP contribution in [0.1, 0.15) is 27.7 Å². The Morgan fingerprint density at radius 1 is 1.17 bits per heavy atom. The summed E-state index contributed by atoms with van der Waals surface area (Å²) >= 11 is 1.32. The van der Waals surface area contributed by atoms with Gasteiger partial charge in [0.25, 0.3) is 5.91 Å². The standard InChI is InChI=1S/C16H22N2O4S/c1-11(14(20)17-15(21)18-16(2,3)4)22-13(19)10-23-12-8-6-5-7-9-12/h5-9,11H,10H2,1-4H3,(H2,17,18,20,21)/t11-/m1/s1. The molecule has 6 nitrogen and oxygen atoms in total. The maximum Gasteiger partial charge on any atom is 0.321 e. The van der Waals surface area contributed by atoms with E-state index in [1.807, 2.05) is 30.3 Å². The van der Waals surface area contributed by atoms with Crippen molar-refractivity contribution in [2.45, 2.75) is 44.2 Å². The molecule has 0 radical (unpaired) electrons. The normalized spacial score (nSPS) is 12.2. The summed E-state index contributed by atoms with van der Waals surface area (Å²) in [5, 5.41) is 4.73. The first-order chi connectivity index (χ1) is 10.7. The first-order valence-electron chi connectivity index (χ1n) is 7.18. The molecule has 0 aromatic heterocycles. The lowest BCUT2D eigenvalue weighted by molar-refractivity contribution is -0.151. The molecule has 0 saturated heterocycles. The number of benzene rings is 1. The summed E-state index contributed by atoms with van der Waals surface area (Å²) in [6.45, 7) is 6.80. The van der Waals surface area contributed by atoms with Crippen LogP contribution in [0, 0.1) is 0 Å². The molecule has 0 heterocycles. The van der Waals surface area contributed by atoms with Gasteiger partial charge in [-0.05, 0) is 39.8 Å². The number of carbonyl (C=O) groups is 3. The molecule has 0 fully saturated rings. The molecule has 2 N–H and O–H groups in total. The highest BCUT2D eigenvalue weighted by molar-refractivity contribution is 8.00. The molecule has 126 valence electrons. The molecule has 3 amide bonds. The fourth-order valence-electron chi connectivity index (χ4n) is 1.53. The number of carbonyl (C=O) groups excluding carboxylic acids is 3. The van der Waals surface area contributed by atoms with E-state index in [0.717, 1.165) is 4.90 Å². The van der Waals surface area contributed by atoms with Gasteiger partial charge in [-0.3, -0.25) is 14.9 Å². The third-order valence-corrected chi connectivity index (χ3v) is 3.49. The Bertz CT molecular complexity index is 555. The summed E-state index contributed by atoms with van der Waals surface area (Å²) in [5.74, 6) is -1.09. The van der Waals surface area contributed by atoms with Crippen molar-refractivity contribution in [1.82, 2.24) is 10.6 Å². The molecular formula is C16H22N2O4S. The summed E-state index contributed by atoms with van der Waals surface area (Å²) in [6, 6.07) is 8.77. The molecule has 23 heavy (non-hydrogen) atoms. The molecule has 0 unspecified atom stereocenters. The summed E-state index contributed by atoms with van der Waals surface area (Å²) in [7, 11) is 0. The second kappa shape index (κ2) is 8.57. The van der Waals surface area contributed by atoms with E-state index in [1.165, 1.54) is 18.7 Å². The van der Waals surface area contributed by atoms with Crippen LogP contribution in [0.15, 0.2) is 35.2 Å². The zero-order valence-electron chi connectivity index (χ0n) is 13.7. The molecule has 1 aromatic carbocycles. The number of rotatable bonds is 5. The number of urea groups is 1. The highest BCUT2D eigenvalue weighted by Crippen LogP contribution is 2.17. The highest BCUT2D eigenvalue weighted by atomic mass is 32.2. The largest absolute Gasteiger partial charge is 0.452 e. The number of imide groups is 1. The molecule has 0 saturated carbocycles. The van der Waals surface area contributed by atoms with E-state index in [9.17, 15) is 14.4 Å². The molecule has 0 aliphatic heterocycles. The third-order valence-electron chi connectivity index (χ3n) is 2.50. The molecular weight excluding hydrogens is 316 g/mol. The van der Waals surface area contributed by atoms with Crippen molar-refractivity contribution >= 4 is 29.7 Å². The molecule has 7 heteroatoms. The van der Waals surface area contributed by atoms with Gasteiger partial charge in [-0.1, -0.05) is 18.2 Å². The van der Waals surface area contributed by atoms with E-state index in [0.29, 0.717) is 0 Å². The van der Waals surface area contributed by atoms with Gasteiger partial charge in [0, 0.05) is 10.4 Å². The van der Waals surface area contributed by atoms with E-state index in [2.05, 4.69) is 10.6 Å². The Morgan fingerprint density at radius 3 is 2.35 bits per heavy atom. The van der Waals surface area contributed by atoms with Crippen molar-refractivity contribution in [2.24, 2.45) is 0 Å². The summed E-state index contributed by atoms with van der Waals surface area (Å²) in [5.41, 5.74) is -0.462. The number of esters is 1. The summed E-state index contributed by atoms with van der Waals surface area (Å²) < 4.78 is 5.01. The van der Waals surface area contributed by atoms with E-state index < -0.39 is 29.6 Å². The van der Waals surface area contributed by atoms with E-state index in [-0.39, 0.29) is 5.75 Å². The minimum atomic E-state index is -1.04. The molecule has 1 rings (SSSR count). The van der Waals surface area contributed by atoms with Crippen LogP contribution in [-0.2, 0) is 14.3 Å². The van der Waals surface area contributed by atoms with Gasteiger partial charge in [0.15, 0.2) is 6.10 Å². The lowest BCUT2D eigenvalue weighted by atomic mass is 10.1. The van der Waals surface area contributed by atoms with Crippen LogP contribution in [0.2, 0.25) is 0 Å². The van der Waals surface area contributed by atoms with Gasteiger partial charge in [-0.15, -0.1) is 11.8 Å². The van der Waals surface area contributed by atoms with Gasteiger partial charge >= 0.3 is 12.0 Å². The average molecular weight is 338 g/mol. The fraction of sp³-hybridized carbons (Fsp3) is 0.438. The summed E-state index contributed by atoms with van der Waals surface area (Å²) in [6.07, 6.45) is -1.04. The Kier molecular flexibility index (Phi) is 7.09. The lowest BCUT2D eigenvalue weighted by Crippen LogP contribution is -2.50. The maximum absolute atomic E-state index is 11.8. The van der Waals surface area contributed by atoms with Crippen molar-refractivity contribution in [3.05, 3.63) is 30.3 Å². The SMILES string of the molecule is C[C@@H](OC(=O)CSc1ccccc1)C(=O)NC(=O)NC(C)(C)C. The zero-order valence-corrected chi connectivity index (χ0v) is 14.5. The van der Waals surface area contributed by atoms with Crippen molar-refractivity contribution < 1.29 is 19.1 Å². The van der Waals surface area contributed by atoms with Crippen LogP contribution in [0.4, 0.5) is 4.79 Å². The van der Waals surface area contributed by atoms with E-state index in [4.69, 9.17) is 4.74 Å². The van der Waals surface area contributed by atoms with E-state index >= 15 is 0 Å². The van der Waals surface area contributed by atoms with Crippen molar-refractivity contribution in [2.75, 3.05) is 5.75 Å². The number of ether oxygens (including phenoxy) is 1. The van der Waals surface area contributed by atoms with Crippen LogP contribution in [0.5, 0.6) is 0 Å². The van der Waals surface area contributed by atoms with Gasteiger partial charge in [0.1, 0.15) is 0 Å². The van der Waals surface area contributed by atoms with Crippen LogP contribution >= 0.6 is 11.8 Å². The molecule has 1 atom stereocenters. The quantitative estimate of drug-likeness (QED) is 0.636. The number of thioether (sulfide) groups is 1. The minimum Gasteiger partial charge on any atom is -0.452 e. The number of hydrogen-bond acceptors (Lipinski definition) is 5. The molecule has 0 spiro atoms. The van der Waals surface area contributed by atoms with Crippen LogP contribution < -0.4 is 10.6 Å². The zero-order chi connectivity index (χ0) is 17.5. The molecule has 0 aliphatic rings. The van der Waals surface area contributed by atoms with Gasteiger partial charge < -0.3 is 10.1 Å². The average Bonchev–Trinajstić information content (AvgIpc) is 2.44. The fourth-order valence-corrected chi connectivity index (χ4v) is 2.23. The van der Waals surface area contributed by atoms with Crippen LogP contribution in [0.3, 0.4) is 0 Å². The molecule has 1 aromatic rings. The maximum atomic E-state index is 11.8. The van der Waals surface area contributed by atoms with Crippen molar-refractivity contribution in [1.29, 1.82) is 0 Å². The second-order valence-corrected chi connectivity index (χ2v) is 6.98. The Morgan fingerprint density at radius 2 is 1.78 bits per heavy atom. The Labute approximate surface area is 140 Å². The van der Waals surface area contributed by atoms with Crippen LogP contribution in [-0.4, -0.2) is 35.3 Å². The first kappa shape index (κ1) is 19.0. The molecule has 0 aliphatic carbocycles. The number of hydrogen-bond donors (Lipinski definition) is 2. The minimum absolute atomic E-state index is 0.0931. The predicted octanol–water partition coefficient (Wildman–Crippen LogP) is 2.33. The van der Waals surface area contributed by atoms with Gasteiger partial charge in [-0.25, -0.2) is 4.79 Å². The smallest absolute Gasteiger partial charge is 0.321 e. The Hall–Kier alpha value is -2.02. The first-order valence-corrected chi connectivity index (χ1v) is 8.16. The van der Waals surface area contributed by atoms with Gasteiger partial charge in [0.2, 0.25) is 0 Å². The van der Waals surface area contributed by atoms with Gasteiger partial charge in [-0.2, -0.15) is 0 Å². The van der Waals surface area contributed by atoms with Gasteiger partial charge in [0.05, 0.1) is 5.75 Å². The monoisotopic (exact) mass is 338 g/mol. The topological polar surface area (TPSA) is 84.5 Å². The lowest BCUT2D eigenvalue weighted by Gasteiger charge is -2.21. The Balaban J connectivity index is 2.36. The van der Waals surface area contributed by atoms with Crippen LogP contribution in [0.25, 0.3) is 0 Å². The number of amides is 3. The second-order valence-electron chi connectivity index (χ2n) is 5.93. The molecule has 0 bridgehead atoms. The predicted molar refractivity (Wildman–Crippen MR) is 89.1 cm³/mol. The van der Waals surface area contributed by atoms with Crippen molar-refractivity contribution in [3.8, 4) is 0 Å². The highest BCUT2D eigenvalue weighted by Gasteiger charge is 2.22. The third kappa shape index (κ3) is 8.25. The summed E-state index contributed by atoms with van der Waals surface area (Å²) in [4.78, 5) is 36.0. The van der Waals surface area contributed by atoms with Crippen molar-refractivity contribution in [3.63, 3.8) is 0 Å². The van der Waals surface area contributed by atoms with E-state index in [1.54, 1.807) is 20.8 Å². The number of nitrogens with one attached hydrogen (secondary N) is 2.